The quantitative estimate of drug-likeness (QED) is 0.851. The molecule has 2 N–H and O–H groups in total. The molecule has 78 valence electrons. The SMILES string of the molecule is OCc1cc(-c2cc(Cl)ccc2Cl)n[nH]1. The lowest BCUT2D eigenvalue weighted by atomic mass is 10.1. The average Bonchev–Trinajstić information content (AvgIpc) is 2.70. The first kappa shape index (κ1) is 10.5. The average molecular weight is 243 g/mol. The maximum atomic E-state index is 8.89. The molecule has 0 radical (unpaired) electrons. The number of aliphatic hydroxyl groups excluding tert-OH is 1. The molecule has 0 saturated heterocycles. The summed E-state index contributed by atoms with van der Waals surface area (Å²) in [6.07, 6.45) is 0. The molecule has 0 aliphatic heterocycles. The number of aliphatic hydroxyl groups is 1. The van der Waals surface area contributed by atoms with E-state index in [1.54, 1.807) is 24.3 Å². The summed E-state index contributed by atoms with van der Waals surface area (Å²) in [6, 6.07) is 6.90. The molecule has 2 rings (SSSR count). The zero-order chi connectivity index (χ0) is 10.8. The van der Waals surface area contributed by atoms with Crippen molar-refractivity contribution in [2.45, 2.75) is 6.61 Å². The monoisotopic (exact) mass is 242 g/mol. The number of hydrogen-bond acceptors (Lipinski definition) is 2. The Morgan fingerprint density at radius 3 is 2.73 bits per heavy atom. The summed E-state index contributed by atoms with van der Waals surface area (Å²) < 4.78 is 0. The molecule has 2 aromatic rings. The van der Waals surface area contributed by atoms with Crippen LogP contribution in [-0.4, -0.2) is 15.3 Å². The van der Waals surface area contributed by atoms with Crippen molar-refractivity contribution in [3.8, 4) is 11.3 Å². The van der Waals surface area contributed by atoms with Crippen molar-refractivity contribution in [3.63, 3.8) is 0 Å². The standard InChI is InChI=1S/C10H8Cl2N2O/c11-6-1-2-9(12)8(3-6)10-4-7(5-15)13-14-10/h1-4,15H,5H2,(H,13,14). The largest absolute Gasteiger partial charge is 0.390 e. The molecule has 0 bridgehead atoms. The van der Waals surface area contributed by atoms with Crippen LogP contribution in [0.15, 0.2) is 24.3 Å². The Hall–Kier alpha value is -1.03. The molecular weight excluding hydrogens is 235 g/mol. The molecule has 0 aliphatic carbocycles. The molecule has 0 atom stereocenters. The van der Waals surface area contributed by atoms with Gasteiger partial charge in [-0.05, 0) is 24.3 Å². The Kier molecular flexibility index (Phi) is 2.95. The number of halogens is 2. The predicted molar refractivity (Wildman–Crippen MR) is 60.0 cm³/mol. The van der Waals surface area contributed by atoms with Crippen LogP contribution < -0.4 is 0 Å². The van der Waals surface area contributed by atoms with Gasteiger partial charge in [0.1, 0.15) is 0 Å². The fraction of sp³-hybridized carbons (Fsp3) is 0.100. The second-order valence-corrected chi connectivity index (χ2v) is 3.90. The zero-order valence-electron chi connectivity index (χ0n) is 7.67. The fourth-order valence-electron chi connectivity index (χ4n) is 1.27. The summed E-state index contributed by atoms with van der Waals surface area (Å²) in [6.45, 7) is -0.0782. The molecule has 0 unspecified atom stereocenters. The van der Waals surface area contributed by atoms with E-state index in [1.165, 1.54) is 0 Å². The van der Waals surface area contributed by atoms with Crippen LogP contribution in [0, 0.1) is 0 Å². The Labute approximate surface area is 96.7 Å². The smallest absolute Gasteiger partial charge is 0.0939 e. The Bertz CT molecular complexity index is 482. The lowest BCUT2D eigenvalue weighted by molar-refractivity contribution is 0.276. The van der Waals surface area contributed by atoms with Crippen LogP contribution in [-0.2, 0) is 6.61 Å². The molecule has 0 spiro atoms. The lowest BCUT2D eigenvalue weighted by Gasteiger charge is -2.00. The van der Waals surface area contributed by atoms with Gasteiger partial charge in [0, 0.05) is 10.6 Å². The van der Waals surface area contributed by atoms with Gasteiger partial charge in [0.15, 0.2) is 0 Å². The zero-order valence-corrected chi connectivity index (χ0v) is 9.18. The van der Waals surface area contributed by atoms with Gasteiger partial charge in [-0.2, -0.15) is 5.10 Å². The summed E-state index contributed by atoms with van der Waals surface area (Å²) in [5.74, 6) is 0. The van der Waals surface area contributed by atoms with Gasteiger partial charge in [0.2, 0.25) is 0 Å². The van der Waals surface area contributed by atoms with Gasteiger partial charge in [-0.3, -0.25) is 5.10 Å². The number of nitrogens with zero attached hydrogens (tertiary/aromatic N) is 1. The van der Waals surface area contributed by atoms with Crippen molar-refractivity contribution in [3.05, 3.63) is 40.0 Å². The van der Waals surface area contributed by atoms with Crippen LogP contribution in [0.5, 0.6) is 0 Å². The van der Waals surface area contributed by atoms with Crippen LogP contribution in [0.3, 0.4) is 0 Å². The van der Waals surface area contributed by atoms with Gasteiger partial charge in [0.05, 0.1) is 23.0 Å². The molecule has 0 aliphatic rings. The Balaban J connectivity index is 2.48. The van der Waals surface area contributed by atoms with E-state index in [0.29, 0.717) is 21.4 Å². The molecule has 3 nitrogen and oxygen atoms in total. The van der Waals surface area contributed by atoms with Gasteiger partial charge < -0.3 is 5.11 Å². The highest BCUT2D eigenvalue weighted by Crippen LogP contribution is 2.29. The fourth-order valence-corrected chi connectivity index (χ4v) is 1.66. The number of nitrogens with one attached hydrogen (secondary N) is 1. The highest BCUT2D eigenvalue weighted by Gasteiger charge is 2.08. The maximum Gasteiger partial charge on any atom is 0.0939 e. The molecule has 5 heteroatoms. The van der Waals surface area contributed by atoms with Gasteiger partial charge in [-0.15, -0.1) is 0 Å². The molecule has 1 heterocycles. The Morgan fingerprint density at radius 2 is 2.07 bits per heavy atom. The number of aromatic nitrogens is 2. The molecule has 0 saturated carbocycles. The minimum absolute atomic E-state index is 0.0782. The molecular formula is C10H8Cl2N2O. The third-order valence-corrected chi connectivity index (χ3v) is 2.57. The third-order valence-electron chi connectivity index (χ3n) is 2.01. The molecule has 1 aromatic carbocycles. The van der Waals surface area contributed by atoms with E-state index in [1.807, 2.05) is 0 Å². The van der Waals surface area contributed by atoms with Crippen LogP contribution >= 0.6 is 23.2 Å². The van der Waals surface area contributed by atoms with Gasteiger partial charge in [0.25, 0.3) is 0 Å². The summed E-state index contributed by atoms with van der Waals surface area (Å²) in [5.41, 5.74) is 2.06. The van der Waals surface area contributed by atoms with Crippen LogP contribution in [0.25, 0.3) is 11.3 Å². The highest BCUT2D eigenvalue weighted by molar-refractivity contribution is 6.35. The Morgan fingerprint density at radius 1 is 1.27 bits per heavy atom. The molecule has 0 amide bonds. The first-order valence-electron chi connectivity index (χ1n) is 4.31. The lowest BCUT2D eigenvalue weighted by Crippen LogP contribution is -1.80. The van der Waals surface area contributed by atoms with Crippen LogP contribution in [0.1, 0.15) is 5.69 Å². The highest BCUT2D eigenvalue weighted by atomic mass is 35.5. The van der Waals surface area contributed by atoms with Crippen molar-refractivity contribution < 1.29 is 5.11 Å². The van der Waals surface area contributed by atoms with Crippen molar-refractivity contribution in [1.82, 2.24) is 10.2 Å². The van der Waals surface area contributed by atoms with Crippen molar-refractivity contribution in [2.75, 3.05) is 0 Å². The van der Waals surface area contributed by atoms with Gasteiger partial charge in [-0.1, -0.05) is 23.2 Å². The van der Waals surface area contributed by atoms with Crippen LogP contribution in [0.4, 0.5) is 0 Å². The number of aromatic amines is 1. The van der Waals surface area contributed by atoms with E-state index in [2.05, 4.69) is 10.2 Å². The molecule has 15 heavy (non-hydrogen) atoms. The maximum absolute atomic E-state index is 8.89. The second kappa shape index (κ2) is 4.23. The summed E-state index contributed by atoms with van der Waals surface area (Å²) in [4.78, 5) is 0. The summed E-state index contributed by atoms with van der Waals surface area (Å²) in [7, 11) is 0. The molecule has 1 aromatic heterocycles. The van der Waals surface area contributed by atoms with E-state index < -0.39 is 0 Å². The van der Waals surface area contributed by atoms with Gasteiger partial charge >= 0.3 is 0 Å². The van der Waals surface area contributed by atoms with E-state index in [4.69, 9.17) is 28.3 Å². The first-order valence-corrected chi connectivity index (χ1v) is 5.07. The van der Waals surface area contributed by atoms with Crippen molar-refractivity contribution in [2.24, 2.45) is 0 Å². The number of benzene rings is 1. The van der Waals surface area contributed by atoms with E-state index in [0.717, 1.165) is 5.56 Å². The van der Waals surface area contributed by atoms with Crippen LogP contribution in [0.2, 0.25) is 10.0 Å². The minimum Gasteiger partial charge on any atom is -0.390 e. The summed E-state index contributed by atoms with van der Waals surface area (Å²) in [5, 5.41) is 16.8. The predicted octanol–water partition coefficient (Wildman–Crippen LogP) is 2.88. The molecule has 0 fully saturated rings. The van der Waals surface area contributed by atoms with E-state index in [9.17, 15) is 0 Å². The van der Waals surface area contributed by atoms with E-state index >= 15 is 0 Å². The van der Waals surface area contributed by atoms with Gasteiger partial charge in [-0.25, -0.2) is 0 Å². The second-order valence-electron chi connectivity index (χ2n) is 3.06. The minimum atomic E-state index is -0.0782. The normalized spacial score (nSPS) is 10.6. The number of H-pyrrole nitrogens is 1. The van der Waals surface area contributed by atoms with E-state index in [-0.39, 0.29) is 6.61 Å². The number of hydrogen-bond donors (Lipinski definition) is 2. The van der Waals surface area contributed by atoms with Crippen molar-refractivity contribution in [1.29, 1.82) is 0 Å². The van der Waals surface area contributed by atoms with Crippen molar-refractivity contribution >= 4 is 23.2 Å². The third kappa shape index (κ3) is 2.15. The topological polar surface area (TPSA) is 48.9 Å². The first-order chi connectivity index (χ1) is 7.20. The summed E-state index contributed by atoms with van der Waals surface area (Å²) >= 11 is 11.9. The number of rotatable bonds is 2.